The van der Waals surface area contributed by atoms with Crippen LogP contribution < -0.4 is 11.1 Å². The quantitative estimate of drug-likeness (QED) is 0.781. The minimum absolute atomic E-state index is 0.0249. The van der Waals surface area contributed by atoms with Crippen molar-refractivity contribution in [2.45, 2.75) is 37.6 Å². The van der Waals surface area contributed by atoms with Crippen molar-refractivity contribution in [2.24, 2.45) is 0 Å². The van der Waals surface area contributed by atoms with Gasteiger partial charge in [-0.3, -0.25) is 0 Å². The lowest BCUT2D eigenvalue weighted by atomic mass is 10.2. The van der Waals surface area contributed by atoms with Crippen molar-refractivity contribution in [2.75, 3.05) is 17.6 Å². The molecular formula is C11H14F3N5O. The summed E-state index contributed by atoms with van der Waals surface area (Å²) in [5.41, 5.74) is 5.61. The van der Waals surface area contributed by atoms with Gasteiger partial charge in [-0.15, -0.1) is 0 Å². The molecule has 0 radical (unpaired) electrons. The molecule has 110 valence electrons. The topological polar surface area (TPSA) is 99.9 Å². The Balaban J connectivity index is 2.27. The second-order valence-electron chi connectivity index (χ2n) is 4.70. The lowest BCUT2D eigenvalue weighted by molar-refractivity contribution is -0.115. The Kier molecular flexibility index (Phi) is 3.76. The second kappa shape index (κ2) is 5.20. The standard InChI is InChI=1S/C11H14F3N5O/c12-11(13,14)5-17-10-6(4-15)9(16)19(18-10)7-2-1-3-8(7)20/h7-8,20H,1-3,5,16H2,(H,17,18). The first-order valence-corrected chi connectivity index (χ1v) is 6.10. The molecule has 2 rings (SSSR count). The van der Waals surface area contributed by atoms with E-state index < -0.39 is 24.9 Å². The summed E-state index contributed by atoms with van der Waals surface area (Å²) >= 11 is 0. The van der Waals surface area contributed by atoms with E-state index in [9.17, 15) is 18.3 Å². The number of rotatable bonds is 3. The zero-order valence-electron chi connectivity index (χ0n) is 10.5. The molecule has 1 heterocycles. The summed E-state index contributed by atoms with van der Waals surface area (Å²) in [6.45, 7) is -1.30. The maximum absolute atomic E-state index is 12.2. The minimum atomic E-state index is -4.42. The van der Waals surface area contributed by atoms with Crippen molar-refractivity contribution < 1.29 is 18.3 Å². The van der Waals surface area contributed by atoms with Gasteiger partial charge in [-0.25, -0.2) is 4.68 Å². The van der Waals surface area contributed by atoms with Crippen LogP contribution >= 0.6 is 0 Å². The predicted molar refractivity (Wildman–Crippen MR) is 64.8 cm³/mol. The van der Waals surface area contributed by atoms with Gasteiger partial charge in [-0.05, 0) is 19.3 Å². The lowest BCUT2D eigenvalue weighted by Crippen LogP contribution is -2.23. The molecule has 2 unspecified atom stereocenters. The van der Waals surface area contributed by atoms with E-state index in [2.05, 4.69) is 10.4 Å². The minimum Gasteiger partial charge on any atom is -0.391 e. The van der Waals surface area contributed by atoms with E-state index in [0.717, 1.165) is 6.42 Å². The SMILES string of the molecule is N#Cc1c(NCC(F)(F)F)nn(C2CCCC2O)c1N. The number of nitrogen functional groups attached to an aromatic ring is 1. The average Bonchev–Trinajstić information content (AvgIpc) is 2.89. The smallest absolute Gasteiger partial charge is 0.391 e. The zero-order valence-corrected chi connectivity index (χ0v) is 10.5. The Morgan fingerprint density at radius 3 is 2.70 bits per heavy atom. The third-order valence-electron chi connectivity index (χ3n) is 3.27. The summed E-state index contributed by atoms with van der Waals surface area (Å²) < 4.78 is 37.8. The molecule has 1 fully saturated rings. The van der Waals surface area contributed by atoms with Crippen molar-refractivity contribution in [1.82, 2.24) is 9.78 Å². The number of aromatic nitrogens is 2. The number of hydrogen-bond acceptors (Lipinski definition) is 5. The van der Waals surface area contributed by atoms with Gasteiger partial charge in [-0.1, -0.05) is 0 Å². The molecule has 1 saturated carbocycles. The fourth-order valence-electron chi connectivity index (χ4n) is 2.32. The van der Waals surface area contributed by atoms with Crippen LogP contribution in [0.5, 0.6) is 0 Å². The van der Waals surface area contributed by atoms with E-state index in [1.807, 2.05) is 0 Å². The Labute approximate surface area is 113 Å². The maximum Gasteiger partial charge on any atom is 0.405 e. The third-order valence-corrected chi connectivity index (χ3v) is 3.27. The van der Waals surface area contributed by atoms with E-state index in [1.165, 1.54) is 4.68 Å². The molecule has 6 nitrogen and oxygen atoms in total. The summed E-state index contributed by atoms with van der Waals surface area (Å²) in [6, 6.07) is 1.34. The van der Waals surface area contributed by atoms with E-state index >= 15 is 0 Å². The Morgan fingerprint density at radius 2 is 2.20 bits per heavy atom. The van der Waals surface area contributed by atoms with Gasteiger partial charge in [0.15, 0.2) is 5.82 Å². The van der Waals surface area contributed by atoms with Gasteiger partial charge in [0, 0.05) is 0 Å². The molecule has 1 aliphatic rings. The molecular weight excluding hydrogens is 275 g/mol. The number of alkyl halides is 3. The normalized spacial score (nSPS) is 22.8. The van der Waals surface area contributed by atoms with Crippen molar-refractivity contribution in [3.8, 4) is 6.07 Å². The highest BCUT2D eigenvalue weighted by Crippen LogP contribution is 2.34. The van der Waals surface area contributed by atoms with Gasteiger partial charge < -0.3 is 16.2 Å². The Morgan fingerprint density at radius 1 is 1.50 bits per heavy atom. The summed E-state index contributed by atoms with van der Waals surface area (Å²) in [6.07, 6.45) is -3.09. The van der Waals surface area contributed by atoms with E-state index in [4.69, 9.17) is 11.0 Å². The van der Waals surface area contributed by atoms with Crippen molar-refractivity contribution in [3.05, 3.63) is 5.56 Å². The number of aliphatic hydroxyl groups is 1. The van der Waals surface area contributed by atoms with Crippen molar-refractivity contribution in [1.29, 1.82) is 5.26 Å². The number of anilines is 2. The third kappa shape index (κ3) is 2.80. The molecule has 1 aliphatic carbocycles. The monoisotopic (exact) mass is 289 g/mol. The summed E-state index contributed by atoms with van der Waals surface area (Å²) in [5, 5.41) is 24.8. The van der Waals surface area contributed by atoms with Gasteiger partial charge in [0.25, 0.3) is 0 Å². The number of nitriles is 1. The number of halogens is 3. The summed E-state index contributed by atoms with van der Waals surface area (Å²) in [4.78, 5) is 0. The van der Waals surface area contributed by atoms with Crippen LogP contribution in [-0.4, -0.2) is 33.7 Å². The summed E-state index contributed by atoms with van der Waals surface area (Å²) in [5.74, 6) is -0.232. The van der Waals surface area contributed by atoms with E-state index in [-0.39, 0.29) is 17.2 Å². The molecule has 2 atom stereocenters. The first kappa shape index (κ1) is 14.5. The average molecular weight is 289 g/mol. The molecule has 1 aromatic rings. The van der Waals surface area contributed by atoms with Crippen LogP contribution in [0.2, 0.25) is 0 Å². The molecule has 0 bridgehead atoms. The van der Waals surface area contributed by atoms with E-state index in [0.29, 0.717) is 12.8 Å². The molecule has 20 heavy (non-hydrogen) atoms. The van der Waals surface area contributed by atoms with Crippen LogP contribution in [-0.2, 0) is 0 Å². The van der Waals surface area contributed by atoms with Crippen LogP contribution in [0.25, 0.3) is 0 Å². The summed E-state index contributed by atoms with van der Waals surface area (Å²) in [7, 11) is 0. The van der Waals surface area contributed by atoms with Gasteiger partial charge in [-0.2, -0.15) is 23.5 Å². The fraction of sp³-hybridized carbons (Fsp3) is 0.636. The predicted octanol–water partition coefficient (Wildman–Crippen LogP) is 1.40. The molecule has 0 saturated heterocycles. The first-order chi connectivity index (χ1) is 9.33. The number of nitrogens with one attached hydrogen (secondary N) is 1. The van der Waals surface area contributed by atoms with Gasteiger partial charge >= 0.3 is 6.18 Å². The molecule has 4 N–H and O–H groups in total. The van der Waals surface area contributed by atoms with Gasteiger partial charge in [0.1, 0.15) is 24.0 Å². The van der Waals surface area contributed by atoms with Gasteiger partial charge in [0.05, 0.1) is 12.1 Å². The van der Waals surface area contributed by atoms with Crippen LogP contribution in [0.15, 0.2) is 0 Å². The highest BCUT2D eigenvalue weighted by Gasteiger charge is 2.32. The second-order valence-corrected chi connectivity index (χ2v) is 4.70. The van der Waals surface area contributed by atoms with Crippen molar-refractivity contribution in [3.63, 3.8) is 0 Å². The van der Waals surface area contributed by atoms with Gasteiger partial charge in [0.2, 0.25) is 0 Å². The van der Waals surface area contributed by atoms with Crippen LogP contribution in [0.4, 0.5) is 24.8 Å². The molecule has 1 aromatic heterocycles. The zero-order chi connectivity index (χ0) is 14.9. The van der Waals surface area contributed by atoms with Crippen molar-refractivity contribution >= 4 is 11.6 Å². The fourth-order valence-corrected chi connectivity index (χ4v) is 2.32. The molecule has 0 spiro atoms. The number of hydrogen-bond donors (Lipinski definition) is 3. The molecule has 0 aliphatic heterocycles. The molecule has 0 amide bonds. The lowest BCUT2D eigenvalue weighted by Gasteiger charge is -2.16. The number of aliphatic hydroxyl groups excluding tert-OH is 1. The first-order valence-electron chi connectivity index (χ1n) is 6.10. The number of nitrogens with two attached hydrogens (primary N) is 1. The van der Waals surface area contributed by atoms with Crippen LogP contribution in [0, 0.1) is 11.3 Å². The maximum atomic E-state index is 12.2. The Bertz CT molecular complexity index is 533. The largest absolute Gasteiger partial charge is 0.405 e. The van der Waals surface area contributed by atoms with E-state index in [1.54, 1.807) is 6.07 Å². The number of nitrogens with zero attached hydrogens (tertiary/aromatic N) is 3. The highest BCUT2D eigenvalue weighted by atomic mass is 19.4. The molecule has 9 heteroatoms. The Hall–Kier alpha value is -1.95. The van der Waals surface area contributed by atoms with Crippen LogP contribution in [0.3, 0.4) is 0 Å². The molecule has 0 aromatic carbocycles. The van der Waals surface area contributed by atoms with Crippen LogP contribution in [0.1, 0.15) is 30.9 Å². The highest BCUT2D eigenvalue weighted by molar-refractivity contribution is 5.64.